The third-order valence-electron chi connectivity index (χ3n) is 6.38. The zero-order valence-corrected chi connectivity index (χ0v) is 20.5. The molecule has 4 rings (SSSR count). The van der Waals surface area contributed by atoms with Gasteiger partial charge in [-0.1, -0.05) is 36.4 Å². The molecule has 0 saturated heterocycles. The molecule has 2 aromatic carbocycles. The van der Waals surface area contributed by atoms with Gasteiger partial charge in [0.05, 0.1) is 11.4 Å². The Balaban J connectivity index is 1.98. The monoisotopic (exact) mass is 472 g/mol. The number of carboxylic acid groups (broad SMARTS) is 1. The zero-order valence-electron chi connectivity index (χ0n) is 20.5. The number of hydrogen-bond donors (Lipinski definition) is 1. The minimum absolute atomic E-state index is 0.105. The fourth-order valence-corrected chi connectivity index (χ4v) is 4.59. The van der Waals surface area contributed by atoms with Crippen LogP contribution >= 0.6 is 0 Å². The van der Waals surface area contributed by atoms with Crippen LogP contribution in [0, 0.1) is 20.8 Å². The molecule has 0 aliphatic heterocycles. The molecule has 0 unspecified atom stereocenters. The summed E-state index contributed by atoms with van der Waals surface area (Å²) < 4.78 is 7.81. The summed E-state index contributed by atoms with van der Waals surface area (Å²) in [6, 6.07) is 15.8. The minimum atomic E-state index is -1.28. The van der Waals surface area contributed by atoms with Crippen LogP contribution in [0.3, 0.4) is 0 Å². The first-order valence-electron chi connectivity index (χ1n) is 11.5. The molecule has 180 valence electrons. The van der Waals surface area contributed by atoms with Crippen LogP contribution in [-0.2, 0) is 0 Å². The van der Waals surface area contributed by atoms with Gasteiger partial charge in [-0.3, -0.25) is 9.59 Å². The molecule has 0 aliphatic carbocycles. The Hall–Kier alpha value is -4.13. The molecule has 0 bridgehead atoms. The maximum atomic E-state index is 13.4. The second-order valence-electron chi connectivity index (χ2n) is 8.72. The van der Waals surface area contributed by atoms with E-state index in [-0.39, 0.29) is 11.0 Å². The summed E-state index contributed by atoms with van der Waals surface area (Å²) >= 11 is 0. The van der Waals surface area contributed by atoms with Gasteiger partial charge in [0.1, 0.15) is 16.9 Å². The number of carbonyl (C=O) groups is 1. The van der Waals surface area contributed by atoms with Gasteiger partial charge in [-0.05, 0) is 58.4 Å². The molecule has 2 aromatic heterocycles. The van der Waals surface area contributed by atoms with Gasteiger partial charge in [0.15, 0.2) is 5.43 Å². The standard InChI is InChI=1S/C28H28N2O5/c1-6-29(30-17(3)12-13-21(27(30)32)28(33)34)19(5)22-14-16(2)15-23-24(31)18(4)25(35-26(22)23)20-10-8-7-9-11-20/h7-15,19H,6H2,1-5H3,(H,33,34)/t19-/m1/s1. The Labute approximate surface area is 202 Å². The number of aromatic carboxylic acids is 1. The van der Waals surface area contributed by atoms with Gasteiger partial charge < -0.3 is 14.5 Å². The minimum Gasteiger partial charge on any atom is -0.477 e. The molecule has 0 fully saturated rings. The van der Waals surface area contributed by atoms with Gasteiger partial charge in [-0.2, -0.15) is 0 Å². The summed E-state index contributed by atoms with van der Waals surface area (Å²) in [6.45, 7) is 9.66. The van der Waals surface area contributed by atoms with Gasteiger partial charge in [0, 0.05) is 28.9 Å². The van der Waals surface area contributed by atoms with Crippen molar-refractivity contribution in [1.29, 1.82) is 0 Å². The Morgan fingerprint density at radius 2 is 1.74 bits per heavy atom. The third-order valence-corrected chi connectivity index (χ3v) is 6.38. The maximum absolute atomic E-state index is 13.4. The lowest BCUT2D eigenvalue weighted by Gasteiger charge is -2.33. The molecule has 0 spiro atoms. The van der Waals surface area contributed by atoms with Crippen LogP contribution in [0.4, 0.5) is 0 Å². The molecule has 35 heavy (non-hydrogen) atoms. The molecule has 2 heterocycles. The molecule has 7 nitrogen and oxygen atoms in total. The van der Waals surface area contributed by atoms with E-state index in [9.17, 15) is 19.5 Å². The molecule has 4 aromatic rings. The van der Waals surface area contributed by atoms with E-state index in [1.165, 1.54) is 10.7 Å². The van der Waals surface area contributed by atoms with Crippen LogP contribution in [-0.4, -0.2) is 22.3 Å². The van der Waals surface area contributed by atoms with E-state index in [0.29, 0.717) is 34.5 Å². The molecular weight excluding hydrogens is 444 g/mol. The van der Waals surface area contributed by atoms with Crippen molar-refractivity contribution >= 4 is 16.9 Å². The molecule has 0 saturated carbocycles. The van der Waals surface area contributed by atoms with Crippen LogP contribution in [0.25, 0.3) is 22.3 Å². The van der Waals surface area contributed by atoms with Crippen LogP contribution in [0.2, 0.25) is 0 Å². The summed E-state index contributed by atoms with van der Waals surface area (Å²) in [6.07, 6.45) is 0. The lowest BCUT2D eigenvalue weighted by molar-refractivity contribution is 0.0694. The number of benzene rings is 2. The van der Waals surface area contributed by atoms with Crippen LogP contribution in [0.15, 0.2) is 68.6 Å². The SMILES string of the molecule is CCN([C@H](C)c1cc(C)cc2c(=O)c(C)c(-c3ccccc3)oc12)n1c(C)ccc(C(=O)O)c1=O. The van der Waals surface area contributed by atoms with Gasteiger partial charge in [-0.15, -0.1) is 0 Å². The molecule has 0 amide bonds. The van der Waals surface area contributed by atoms with Crippen LogP contribution in [0.1, 0.15) is 52.6 Å². The summed E-state index contributed by atoms with van der Waals surface area (Å²) in [5, 5.41) is 11.7. The highest BCUT2D eigenvalue weighted by Gasteiger charge is 2.25. The molecule has 0 radical (unpaired) electrons. The highest BCUT2D eigenvalue weighted by atomic mass is 16.4. The molecule has 0 aliphatic rings. The van der Waals surface area contributed by atoms with E-state index < -0.39 is 17.6 Å². The fraction of sp³-hybridized carbons (Fsp3) is 0.250. The van der Waals surface area contributed by atoms with Crippen molar-refractivity contribution in [3.05, 3.63) is 103 Å². The second kappa shape index (κ2) is 9.25. The highest BCUT2D eigenvalue weighted by Crippen LogP contribution is 2.32. The van der Waals surface area contributed by atoms with Crippen molar-refractivity contribution in [3.63, 3.8) is 0 Å². The first-order valence-corrected chi connectivity index (χ1v) is 11.5. The number of aryl methyl sites for hydroxylation is 2. The Kier molecular flexibility index (Phi) is 6.35. The number of hydrogen-bond acceptors (Lipinski definition) is 5. The highest BCUT2D eigenvalue weighted by molar-refractivity contribution is 5.87. The average Bonchev–Trinajstić information content (AvgIpc) is 2.83. The summed E-state index contributed by atoms with van der Waals surface area (Å²) in [5.41, 5.74) is 3.00. The van der Waals surface area contributed by atoms with Crippen molar-refractivity contribution < 1.29 is 14.3 Å². The molecule has 7 heteroatoms. The lowest BCUT2D eigenvalue weighted by Crippen LogP contribution is -2.46. The van der Waals surface area contributed by atoms with Gasteiger partial charge in [-0.25, -0.2) is 9.47 Å². The summed E-state index contributed by atoms with van der Waals surface area (Å²) in [4.78, 5) is 38.1. The molecule has 1 N–H and O–H groups in total. The first kappa shape index (κ1) is 24.0. The van der Waals surface area contributed by atoms with E-state index in [1.807, 2.05) is 63.2 Å². The van der Waals surface area contributed by atoms with Gasteiger partial charge in [0.2, 0.25) is 0 Å². The number of nitrogens with zero attached hydrogens (tertiary/aromatic N) is 2. The van der Waals surface area contributed by atoms with Gasteiger partial charge >= 0.3 is 5.97 Å². The number of carboxylic acids is 1. The largest absolute Gasteiger partial charge is 0.477 e. The topological polar surface area (TPSA) is 92.8 Å². The predicted molar refractivity (Wildman–Crippen MR) is 137 cm³/mol. The van der Waals surface area contributed by atoms with Crippen LogP contribution < -0.4 is 16.0 Å². The van der Waals surface area contributed by atoms with Crippen molar-refractivity contribution in [3.8, 4) is 11.3 Å². The normalized spacial score (nSPS) is 12.0. The average molecular weight is 473 g/mol. The van der Waals surface area contributed by atoms with E-state index in [2.05, 4.69) is 0 Å². The Morgan fingerprint density at radius 1 is 1.06 bits per heavy atom. The smallest absolute Gasteiger partial charge is 0.341 e. The van der Waals surface area contributed by atoms with E-state index in [1.54, 1.807) is 24.9 Å². The van der Waals surface area contributed by atoms with Crippen molar-refractivity contribution in [2.24, 2.45) is 0 Å². The van der Waals surface area contributed by atoms with E-state index in [0.717, 1.165) is 16.7 Å². The quantitative estimate of drug-likeness (QED) is 0.426. The van der Waals surface area contributed by atoms with Crippen molar-refractivity contribution in [1.82, 2.24) is 4.68 Å². The first-order chi connectivity index (χ1) is 16.6. The van der Waals surface area contributed by atoms with E-state index in [4.69, 9.17) is 4.42 Å². The predicted octanol–water partition coefficient (Wildman–Crippen LogP) is 4.96. The van der Waals surface area contributed by atoms with E-state index >= 15 is 0 Å². The fourth-order valence-electron chi connectivity index (χ4n) is 4.59. The lowest BCUT2D eigenvalue weighted by atomic mass is 9.98. The number of aromatic nitrogens is 1. The molecule has 1 atom stereocenters. The number of fused-ring (bicyclic) bond motifs is 1. The van der Waals surface area contributed by atoms with Gasteiger partial charge in [0.25, 0.3) is 5.56 Å². The molecular formula is C28H28N2O5. The second-order valence-corrected chi connectivity index (χ2v) is 8.72. The number of pyridine rings is 1. The Morgan fingerprint density at radius 3 is 2.37 bits per heavy atom. The maximum Gasteiger partial charge on any atom is 0.341 e. The van der Waals surface area contributed by atoms with Crippen molar-refractivity contribution in [2.75, 3.05) is 11.6 Å². The van der Waals surface area contributed by atoms with Crippen molar-refractivity contribution in [2.45, 2.75) is 40.7 Å². The zero-order chi connectivity index (χ0) is 25.4. The summed E-state index contributed by atoms with van der Waals surface area (Å²) in [5.74, 6) is -0.771. The van der Waals surface area contributed by atoms with Crippen LogP contribution in [0.5, 0.6) is 0 Å². The third kappa shape index (κ3) is 4.14. The number of rotatable bonds is 6. The Bertz CT molecular complexity index is 1550. The summed E-state index contributed by atoms with van der Waals surface area (Å²) in [7, 11) is 0.